The van der Waals surface area contributed by atoms with Crippen LogP contribution in [0.15, 0.2) is 133 Å². The molecule has 95 heavy (non-hydrogen) atoms. The molecule has 506 valence electrons. The van der Waals surface area contributed by atoms with Gasteiger partial charge in [0.15, 0.2) is 0 Å². The van der Waals surface area contributed by atoms with Crippen molar-refractivity contribution in [2.75, 3.05) is 62.4 Å². The van der Waals surface area contributed by atoms with Crippen molar-refractivity contribution in [2.24, 2.45) is 0 Å². The van der Waals surface area contributed by atoms with E-state index < -0.39 is 146 Å². The largest absolute Gasteiger partial charge is 1.00 e. The van der Waals surface area contributed by atoms with E-state index in [0.29, 0.717) is 34.1 Å². The number of carbonyl (C=O) groups is 8. The first kappa shape index (κ1) is 77.2. The zero-order valence-corrected chi connectivity index (χ0v) is 56.3. The Labute approximate surface area is 579 Å². The average molecular weight is 1360 g/mol. The third-order valence-corrected chi connectivity index (χ3v) is 17.6. The monoisotopic (exact) mass is 1360 g/mol. The fourth-order valence-corrected chi connectivity index (χ4v) is 12.1. The van der Waals surface area contributed by atoms with Gasteiger partial charge >= 0.3 is 41.5 Å². The van der Waals surface area contributed by atoms with E-state index in [0.717, 1.165) is 36.1 Å². The molecule has 12 atom stereocenters. The van der Waals surface area contributed by atoms with E-state index in [1.165, 1.54) is 47.8 Å². The molecule has 0 bridgehead atoms. The number of nitrogens with one attached hydrogen (secondary N) is 6. The minimum absolute atomic E-state index is 0. The standard InChI is InChI=1S/C66H80N6O20S2.Na/c1-39(73)71-53-49(75)35-65(63(85)86,91-57(53)55(79)51(77)37-69-61(83)47-19-15-43(16-20-47)41-11-5-3-6-12-41)89-29-9-31-93-33-27-67-59(81)45-23-25-46(26-24-45)60(82)68-28-34-94-32-10-30-90-66(64(87)88)36-50(76)54(72-40(2)74)58(92-66)56(80)52(78)38-70-62(84)48-21-17-44(18-22-48)42-13-7-4-8-14-42;/h3-8,11-26,49-58,75-80H,9-10,27-38H2,1-2H3,(H,67,81)(H,68,82)(H,69,83)(H,70,84)(H,71,73)(H,72,74)(H,85,86)(H,87,88);/q;+1/t49-,50-,51+,52+,53+,54+,55?,56?,57+,58+,65+,66+;/m0./s1. The fraction of sp³-hybridized carbons (Fsp3) is 0.424. The van der Waals surface area contributed by atoms with Gasteiger partial charge in [-0.1, -0.05) is 84.9 Å². The van der Waals surface area contributed by atoms with Crippen LogP contribution in [0.5, 0.6) is 0 Å². The van der Waals surface area contributed by atoms with E-state index >= 15 is 0 Å². The van der Waals surface area contributed by atoms with Crippen LogP contribution in [0.3, 0.4) is 0 Å². The van der Waals surface area contributed by atoms with Crippen LogP contribution in [0.25, 0.3) is 22.3 Å². The van der Waals surface area contributed by atoms with E-state index in [-0.39, 0.29) is 79.8 Å². The number of carbonyl (C=O) groups excluding carboxylic acids is 6. The van der Waals surface area contributed by atoms with Crippen LogP contribution >= 0.6 is 23.5 Å². The van der Waals surface area contributed by atoms with Crippen molar-refractivity contribution in [2.45, 2.75) is 112 Å². The van der Waals surface area contributed by atoms with Crippen LogP contribution in [0, 0.1) is 0 Å². The fourth-order valence-electron chi connectivity index (χ4n) is 10.5. The van der Waals surface area contributed by atoms with Gasteiger partial charge in [-0.25, -0.2) is 9.59 Å². The number of benzene rings is 5. The Morgan fingerprint density at radius 3 is 1.09 bits per heavy atom. The van der Waals surface area contributed by atoms with Crippen LogP contribution < -0.4 is 61.5 Å². The van der Waals surface area contributed by atoms with E-state index in [1.54, 1.807) is 48.5 Å². The quantitative estimate of drug-likeness (QED) is 0.0172. The van der Waals surface area contributed by atoms with Crippen LogP contribution in [0.1, 0.15) is 81.0 Å². The second kappa shape index (κ2) is 37.6. The SMILES string of the molecule is CC(=O)N[C@@H]1[C@@H](O)C[C@](OCCCSCCNC(=O)c2ccc(C(=O)NCCSCCCO[C@]3(C(=O)O)C[C@H](O)[C@@H](NC(C)=O)[C@H](C(O)[C@H](O)CNC(=O)c4ccc(-c5ccccc5)cc4)O3)cc2)(C(=O)O)O[C@H]1C(O)[C@H](O)CNC(=O)c1ccc(-c2ccccc2)cc1.[Na+]. The molecule has 0 aromatic heterocycles. The van der Waals surface area contributed by atoms with Crippen molar-refractivity contribution in [1.82, 2.24) is 31.9 Å². The van der Waals surface area contributed by atoms with Gasteiger partial charge < -0.3 is 91.7 Å². The van der Waals surface area contributed by atoms with Crippen LogP contribution in [-0.2, 0) is 38.1 Å². The minimum Gasteiger partial charge on any atom is -0.477 e. The number of hydrogen-bond donors (Lipinski definition) is 14. The Balaban J connectivity index is 0.0000143. The smallest absolute Gasteiger partial charge is 0.477 e. The van der Waals surface area contributed by atoms with Gasteiger partial charge in [-0.2, -0.15) is 23.5 Å². The number of aliphatic carboxylic acids is 2. The molecular weight excluding hydrogens is 1280 g/mol. The van der Waals surface area contributed by atoms with E-state index in [9.17, 15) is 79.2 Å². The third-order valence-electron chi connectivity index (χ3n) is 15.5. The summed E-state index contributed by atoms with van der Waals surface area (Å²) in [4.78, 5) is 102. The Morgan fingerprint density at radius 1 is 0.474 bits per heavy atom. The number of thioether (sulfide) groups is 2. The van der Waals surface area contributed by atoms with Crippen LogP contribution in [0.2, 0.25) is 0 Å². The van der Waals surface area contributed by atoms with Gasteiger partial charge in [0.25, 0.3) is 35.2 Å². The minimum atomic E-state index is -2.49. The number of aliphatic hydroxyl groups is 6. The van der Waals surface area contributed by atoms with Crippen molar-refractivity contribution < 1.29 is 128 Å². The second-order valence-electron chi connectivity index (χ2n) is 22.4. The maximum Gasteiger partial charge on any atom is 1.00 e. The number of amides is 6. The summed E-state index contributed by atoms with van der Waals surface area (Å²) in [5.74, 6) is -9.64. The molecule has 5 aromatic rings. The van der Waals surface area contributed by atoms with Gasteiger partial charge in [0, 0.05) is 86.6 Å². The van der Waals surface area contributed by atoms with Gasteiger partial charge in [0.2, 0.25) is 11.8 Å². The topological polar surface area (TPSA) is 408 Å². The summed E-state index contributed by atoms with van der Waals surface area (Å²) in [6.45, 7) is 1.42. The van der Waals surface area contributed by atoms with Gasteiger partial charge in [0.05, 0.1) is 49.7 Å². The molecule has 29 heteroatoms. The molecule has 2 saturated heterocycles. The van der Waals surface area contributed by atoms with Gasteiger partial charge in [-0.3, -0.25) is 28.8 Å². The van der Waals surface area contributed by atoms with Crippen molar-refractivity contribution in [3.63, 3.8) is 0 Å². The summed E-state index contributed by atoms with van der Waals surface area (Å²) >= 11 is 2.84. The molecule has 6 amide bonds. The van der Waals surface area contributed by atoms with Crippen molar-refractivity contribution in [3.8, 4) is 22.3 Å². The molecule has 7 rings (SSSR count). The summed E-state index contributed by atoms with van der Waals surface area (Å²) < 4.78 is 23.2. The molecule has 5 aromatic carbocycles. The first-order chi connectivity index (χ1) is 45.0. The summed E-state index contributed by atoms with van der Waals surface area (Å²) in [7, 11) is 0. The van der Waals surface area contributed by atoms with Gasteiger partial charge in [-0.15, -0.1) is 0 Å². The predicted octanol–water partition coefficient (Wildman–Crippen LogP) is -1.06. The Kier molecular flexibility index (Phi) is 30.6. The average Bonchev–Trinajstić information content (AvgIpc) is 0.777. The molecule has 2 unspecified atom stereocenters. The predicted molar refractivity (Wildman–Crippen MR) is 346 cm³/mol. The third kappa shape index (κ3) is 22.1. The Bertz CT molecular complexity index is 3110. The molecule has 26 nitrogen and oxygen atoms in total. The Morgan fingerprint density at radius 2 is 0.779 bits per heavy atom. The maximum atomic E-state index is 13.0. The normalized spacial score (nSPS) is 22.0. The molecule has 0 saturated carbocycles. The molecule has 0 aliphatic carbocycles. The van der Waals surface area contributed by atoms with Gasteiger partial charge in [-0.05, 0) is 95.1 Å². The number of carboxylic acid groups (broad SMARTS) is 2. The van der Waals surface area contributed by atoms with Crippen molar-refractivity contribution in [3.05, 3.63) is 156 Å². The molecule has 0 radical (unpaired) electrons. The number of aliphatic hydroxyl groups excluding tert-OH is 6. The number of rotatable bonds is 34. The summed E-state index contributed by atoms with van der Waals surface area (Å²) in [5.41, 5.74) is 4.76. The van der Waals surface area contributed by atoms with Crippen LogP contribution in [-0.4, -0.2) is 223 Å². The molecular formula is C66H80N6NaO20S2+. The zero-order valence-electron chi connectivity index (χ0n) is 52.7. The number of hydrogen-bond acceptors (Lipinski definition) is 20. The van der Waals surface area contributed by atoms with E-state index in [4.69, 9.17) is 18.9 Å². The number of carboxylic acids is 2. The first-order valence-electron chi connectivity index (χ1n) is 30.4. The zero-order chi connectivity index (χ0) is 68.0. The summed E-state index contributed by atoms with van der Waals surface area (Å²) in [6.07, 6.45) is -14.7. The number of ether oxygens (including phenoxy) is 4. The van der Waals surface area contributed by atoms with Crippen LogP contribution in [0.4, 0.5) is 0 Å². The molecule has 2 aliphatic rings. The summed E-state index contributed by atoms with van der Waals surface area (Å²) in [6, 6.07) is 35.6. The maximum absolute atomic E-state index is 13.0. The first-order valence-corrected chi connectivity index (χ1v) is 32.7. The van der Waals surface area contributed by atoms with E-state index in [2.05, 4.69) is 31.9 Å². The second-order valence-corrected chi connectivity index (χ2v) is 24.9. The van der Waals surface area contributed by atoms with Crippen molar-refractivity contribution >= 4 is 70.9 Å². The summed E-state index contributed by atoms with van der Waals surface area (Å²) in [5, 5.41) is 103. The molecule has 2 heterocycles. The van der Waals surface area contributed by atoms with E-state index in [1.807, 2.05) is 60.7 Å². The molecule has 2 fully saturated rings. The van der Waals surface area contributed by atoms with Crippen molar-refractivity contribution in [1.29, 1.82) is 0 Å². The van der Waals surface area contributed by atoms with Gasteiger partial charge in [0.1, 0.15) is 24.4 Å². The molecule has 2 aliphatic heterocycles. The molecule has 0 spiro atoms. The molecule has 14 N–H and O–H groups in total. The Hall–Kier alpha value is -6.84.